The highest BCUT2D eigenvalue weighted by Gasteiger charge is 2.51. The Morgan fingerprint density at radius 1 is 1.03 bits per heavy atom. The van der Waals surface area contributed by atoms with E-state index in [9.17, 15) is 40.2 Å². The number of ether oxygens (including phenoxy) is 4. The fourth-order valence-corrected chi connectivity index (χ4v) is 3.33. The maximum absolute atomic E-state index is 11.7. The van der Waals surface area contributed by atoms with Crippen LogP contribution in [0.5, 0.6) is 0 Å². The molecule has 0 aromatic rings. The molecule has 1 unspecified atom stereocenters. The van der Waals surface area contributed by atoms with Gasteiger partial charge in [0, 0.05) is 6.92 Å². The SMILES string of the molecule is CC(=O)N[C@H]1[C@@H](OC[C@H](N)[C]=O)O[C@H](CO)[C@H](O)[C@@H]1OC1O[C@H](CO)[C@H](O)[C@H](O)[C@H]1O. The normalized spacial score (nSPS) is 42.1. The number of nitrogens with two attached hydrogens (primary N) is 1. The van der Waals surface area contributed by atoms with Gasteiger partial charge in [0.25, 0.3) is 0 Å². The second-order valence-electron chi connectivity index (χ2n) is 7.30. The summed E-state index contributed by atoms with van der Waals surface area (Å²) in [4.78, 5) is 22.4. The predicted octanol–water partition coefficient (Wildman–Crippen LogP) is -5.79. The van der Waals surface area contributed by atoms with Crippen molar-refractivity contribution in [3.8, 4) is 0 Å². The molecule has 1 radical (unpaired) electrons. The monoisotopic (exact) mass is 453 g/mol. The Balaban J connectivity index is 2.27. The Morgan fingerprint density at radius 2 is 1.61 bits per heavy atom. The first-order chi connectivity index (χ1) is 14.6. The second kappa shape index (κ2) is 11.5. The van der Waals surface area contributed by atoms with E-state index in [2.05, 4.69) is 5.32 Å². The van der Waals surface area contributed by atoms with Gasteiger partial charge < -0.3 is 60.6 Å². The lowest BCUT2D eigenvalue weighted by Gasteiger charge is -2.47. The van der Waals surface area contributed by atoms with E-state index in [1.54, 1.807) is 0 Å². The summed E-state index contributed by atoms with van der Waals surface area (Å²) in [5, 5.41) is 62.0. The summed E-state index contributed by atoms with van der Waals surface area (Å²) in [6.45, 7) is -0.599. The van der Waals surface area contributed by atoms with E-state index in [0.29, 0.717) is 0 Å². The van der Waals surface area contributed by atoms with Crippen LogP contribution in [0.15, 0.2) is 0 Å². The zero-order chi connectivity index (χ0) is 23.3. The van der Waals surface area contributed by atoms with Crippen LogP contribution in [0.2, 0.25) is 0 Å². The van der Waals surface area contributed by atoms with Crippen molar-refractivity contribution in [2.24, 2.45) is 5.73 Å². The summed E-state index contributed by atoms with van der Waals surface area (Å²) in [5.41, 5.74) is 5.44. The van der Waals surface area contributed by atoms with E-state index in [1.165, 1.54) is 6.29 Å². The van der Waals surface area contributed by atoms with Crippen molar-refractivity contribution in [1.29, 1.82) is 0 Å². The molecule has 1 amide bonds. The van der Waals surface area contributed by atoms with Gasteiger partial charge in [0.2, 0.25) is 12.2 Å². The topological polar surface area (TPSA) is 230 Å². The predicted molar refractivity (Wildman–Crippen MR) is 97.6 cm³/mol. The molecule has 2 aliphatic heterocycles. The summed E-state index contributed by atoms with van der Waals surface area (Å²) in [6, 6.07) is -2.37. The molecule has 2 fully saturated rings. The third-order valence-electron chi connectivity index (χ3n) is 4.95. The van der Waals surface area contributed by atoms with Gasteiger partial charge in [-0.05, 0) is 0 Å². The minimum atomic E-state index is -1.78. The van der Waals surface area contributed by atoms with Crippen molar-refractivity contribution in [2.75, 3.05) is 19.8 Å². The van der Waals surface area contributed by atoms with Crippen LogP contribution in [0.3, 0.4) is 0 Å². The van der Waals surface area contributed by atoms with E-state index in [4.69, 9.17) is 24.7 Å². The van der Waals surface area contributed by atoms with Crippen LogP contribution in [-0.4, -0.2) is 130 Å². The molecule has 0 aliphatic carbocycles. The minimum Gasteiger partial charge on any atom is -0.394 e. The van der Waals surface area contributed by atoms with Crippen LogP contribution in [-0.2, 0) is 28.5 Å². The molecule has 2 heterocycles. The number of nitrogens with one attached hydrogen (secondary N) is 1. The van der Waals surface area contributed by atoms with Crippen molar-refractivity contribution in [2.45, 2.75) is 74.3 Å². The number of hydrogen-bond donors (Lipinski definition) is 8. The van der Waals surface area contributed by atoms with E-state index in [0.717, 1.165) is 6.92 Å². The van der Waals surface area contributed by atoms with Gasteiger partial charge in [-0.1, -0.05) is 0 Å². The van der Waals surface area contributed by atoms with Crippen LogP contribution in [0.25, 0.3) is 0 Å². The van der Waals surface area contributed by atoms with E-state index in [1.807, 2.05) is 0 Å². The Labute approximate surface area is 177 Å². The van der Waals surface area contributed by atoms with Gasteiger partial charge in [-0.3, -0.25) is 9.59 Å². The number of rotatable bonds is 9. The number of aliphatic hydroxyl groups excluding tert-OH is 6. The molecular weight excluding hydrogens is 424 g/mol. The van der Waals surface area contributed by atoms with Crippen LogP contribution < -0.4 is 11.1 Å². The number of carbonyl (C=O) groups is 1. The van der Waals surface area contributed by atoms with Gasteiger partial charge in [0.1, 0.15) is 48.8 Å². The quantitative estimate of drug-likeness (QED) is 0.163. The van der Waals surface area contributed by atoms with Gasteiger partial charge in [0.05, 0.1) is 25.9 Å². The standard InChI is InChI=1S/C17H29N2O12/c1-6(23)19-10-15(31-17-14(27)13(26)11(24)8(3-21)30-17)12(25)9(4-22)29-16(10)28-5-7(18)2-20/h7-17,21-22,24-27H,3-5,18H2,1H3,(H,19,23)/t7-,8-,9-,10-,11+,12+,13+,14-,15-,16+,17?/m1/s1. The van der Waals surface area contributed by atoms with Crippen LogP contribution >= 0.6 is 0 Å². The van der Waals surface area contributed by atoms with Crippen molar-refractivity contribution < 1.29 is 59.2 Å². The maximum Gasteiger partial charge on any atom is 0.219 e. The van der Waals surface area contributed by atoms with E-state index >= 15 is 0 Å². The lowest BCUT2D eigenvalue weighted by atomic mass is 9.95. The molecule has 11 atom stereocenters. The Morgan fingerprint density at radius 3 is 2.16 bits per heavy atom. The lowest BCUT2D eigenvalue weighted by molar-refractivity contribution is -0.344. The molecule has 0 aromatic carbocycles. The first kappa shape index (κ1) is 26.0. The zero-order valence-corrected chi connectivity index (χ0v) is 16.7. The zero-order valence-electron chi connectivity index (χ0n) is 16.7. The van der Waals surface area contributed by atoms with Crippen molar-refractivity contribution in [3.05, 3.63) is 0 Å². The van der Waals surface area contributed by atoms with Crippen molar-refractivity contribution in [3.63, 3.8) is 0 Å². The van der Waals surface area contributed by atoms with Gasteiger partial charge >= 0.3 is 0 Å². The molecule has 9 N–H and O–H groups in total. The molecule has 14 nitrogen and oxygen atoms in total. The van der Waals surface area contributed by atoms with Crippen LogP contribution in [0.4, 0.5) is 0 Å². The molecular formula is C17H29N2O12. The van der Waals surface area contributed by atoms with Crippen LogP contribution in [0.1, 0.15) is 6.92 Å². The molecule has 0 aromatic heterocycles. The van der Waals surface area contributed by atoms with Gasteiger partial charge in [-0.2, -0.15) is 0 Å². The Bertz CT molecular complexity index is 595. The number of carbonyl (C=O) groups excluding carboxylic acids is 2. The summed E-state index contributed by atoms with van der Waals surface area (Å²) in [6.07, 6.45) is -12.2. The molecule has 0 saturated carbocycles. The summed E-state index contributed by atoms with van der Waals surface area (Å²) in [5.74, 6) is -0.578. The average molecular weight is 453 g/mol. The first-order valence-corrected chi connectivity index (χ1v) is 9.56. The molecule has 2 rings (SSSR count). The molecule has 179 valence electrons. The number of aliphatic hydroxyl groups is 6. The van der Waals surface area contributed by atoms with Gasteiger partial charge in [-0.25, -0.2) is 0 Å². The highest BCUT2D eigenvalue weighted by Crippen LogP contribution is 2.29. The minimum absolute atomic E-state index is 0.370. The Kier molecular flexibility index (Phi) is 9.66. The molecule has 0 spiro atoms. The van der Waals surface area contributed by atoms with Crippen LogP contribution in [0, 0.1) is 0 Å². The smallest absolute Gasteiger partial charge is 0.219 e. The van der Waals surface area contributed by atoms with Crippen molar-refractivity contribution in [1.82, 2.24) is 5.32 Å². The fraction of sp³-hybridized carbons (Fsp3) is 0.882. The van der Waals surface area contributed by atoms with E-state index in [-0.39, 0.29) is 6.61 Å². The van der Waals surface area contributed by atoms with Gasteiger partial charge in [0.15, 0.2) is 12.6 Å². The third kappa shape index (κ3) is 6.15. The summed E-state index contributed by atoms with van der Waals surface area (Å²) < 4.78 is 21.7. The third-order valence-corrected chi connectivity index (χ3v) is 4.95. The molecule has 14 heteroatoms. The number of hydrogen-bond acceptors (Lipinski definition) is 13. The molecule has 2 aliphatic rings. The summed E-state index contributed by atoms with van der Waals surface area (Å²) >= 11 is 0. The largest absolute Gasteiger partial charge is 0.394 e. The number of amides is 1. The van der Waals surface area contributed by atoms with E-state index < -0.39 is 86.5 Å². The van der Waals surface area contributed by atoms with Crippen molar-refractivity contribution >= 4 is 12.2 Å². The molecule has 2 saturated heterocycles. The molecule has 31 heavy (non-hydrogen) atoms. The first-order valence-electron chi connectivity index (χ1n) is 9.56. The van der Waals surface area contributed by atoms with Gasteiger partial charge in [-0.15, -0.1) is 0 Å². The highest BCUT2D eigenvalue weighted by molar-refractivity contribution is 5.73. The Hall–Kier alpha value is -1.30. The highest BCUT2D eigenvalue weighted by atomic mass is 16.7. The fourth-order valence-electron chi connectivity index (χ4n) is 3.33. The maximum atomic E-state index is 11.7. The summed E-state index contributed by atoms with van der Waals surface area (Å²) in [7, 11) is 0. The average Bonchev–Trinajstić information content (AvgIpc) is 2.74. The second-order valence-corrected chi connectivity index (χ2v) is 7.30. The lowest BCUT2D eigenvalue weighted by Crippen LogP contribution is -2.68. The molecule has 0 bridgehead atoms.